The fraction of sp³-hybridized carbons (Fsp3) is 0.200. The van der Waals surface area contributed by atoms with Gasteiger partial charge in [-0.25, -0.2) is 0 Å². The molecule has 2 unspecified atom stereocenters. The van der Waals surface area contributed by atoms with Gasteiger partial charge in [0, 0.05) is 35.8 Å². The Hall–Kier alpha value is -2.84. The predicted octanol–water partition coefficient (Wildman–Crippen LogP) is 4.61. The van der Waals surface area contributed by atoms with E-state index in [1.807, 2.05) is 37.2 Å². The molecule has 1 aliphatic rings. The smallest absolute Gasteiger partial charge is 0.205 e. The average Bonchev–Trinajstić information content (AvgIpc) is 2.99. The number of benzene rings is 2. The Kier molecular flexibility index (Phi) is 3.70. The Balaban J connectivity index is 1.90. The van der Waals surface area contributed by atoms with Crippen molar-refractivity contribution in [1.82, 2.24) is 0 Å². The van der Waals surface area contributed by atoms with Gasteiger partial charge in [0.15, 0.2) is 5.75 Å². The van der Waals surface area contributed by atoms with Crippen LogP contribution in [0.4, 0.5) is 5.69 Å². The molecule has 4 rings (SSSR count). The van der Waals surface area contributed by atoms with Crippen molar-refractivity contribution in [3.8, 4) is 11.8 Å². The van der Waals surface area contributed by atoms with Crippen molar-refractivity contribution in [2.24, 2.45) is 5.92 Å². The first-order valence-corrected chi connectivity index (χ1v) is 8.86. The minimum Gasteiger partial charge on any atom is -0.440 e. The third-order valence-electron chi connectivity index (χ3n) is 4.59. The van der Waals surface area contributed by atoms with E-state index >= 15 is 0 Å². The number of hydrogen-bond donors (Lipinski definition) is 1. The van der Waals surface area contributed by atoms with Crippen LogP contribution in [0.15, 0.2) is 48.5 Å². The zero-order valence-electron chi connectivity index (χ0n) is 14.0. The maximum absolute atomic E-state index is 9.66. The second kappa shape index (κ2) is 5.91. The summed E-state index contributed by atoms with van der Waals surface area (Å²) in [6, 6.07) is 18.5. The summed E-state index contributed by atoms with van der Waals surface area (Å²) in [5.41, 5.74) is 2.15. The fourth-order valence-corrected chi connectivity index (χ4v) is 4.58. The van der Waals surface area contributed by atoms with Crippen LogP contribution in [0.3, 0.4) is 0 Å². The first-order chi connectivity index (χ1) is 12.1. The van der Waals surface area contributed by atoms with Crippen molar-refractivity contribution in [2.45, 2.75) is 5.92 Å². The molecule has 0 amide bonds. The van der Waals surface area contributed by atoms with Crippen LogP contribution in [0, 0.1) is 22.7 Å². The number of ether oxygens (including phenoxy) is 1. The molecule has 25 heavy (non-hydrogen) atoms. The van der Waals surface area contributed by atoms with E-state index in [1.54, 1.807) is 11.3 Å². The number of nitriles is 1. The maximum Gasteiger partial charge on any atom is 0.205 e. The molecule has 5 heteroatoms. The highest BCUT2D eigenvalue weighted by atomic mass is 32.1. The Morgan fingerprint density at radius 2 is 1.84 bits per heavy atom. The Morgan fingerprint density at radius 1 is 1.12 bits per heavy atom. The van der Waals surface area contributed by atoms with Crippen molar-refractivity contribution >= 4 is 33.0 Å². The monoisotopic (exact) mass is 347 g/mol. The van der Waals surface area contributed by atoms with Gasteiger partial charge in [-0.15, -0.1) is 11.3 Å². The summed E-state index contributed by atoms with van der Waals surface area (Å²) in [5, 5.41) is 18.9. The van der Waals surface area contributed by atoms with Crippen molar-refractivity contribution in [2.75, 3.05) is 19.0 Å². The van der Waals surface area contributed by atoms with Crippen LogP contribution in [0.5, 0.6) is 5.75 Å². The molecule has 1 aliphatic heterocycles. The molecular weight excluding hydrogens is 330 g/mol. The van der Waals surface area contributed by atoms with E-state index in [1.165, 1.54) is 0 Å². The Bertz CT molecular complexity index is 998. The molecule has 0 spiro atoms. The molecule has 1 aromatic heterocycles. The van der Waals surface area contributed by atoms with Crippen LogP contribution in [0.25, 0.3) is 10.1 Å². The number of anilines is 1. The van der Waals surface area contributed by atoms with Gasteiger partial charge in [-0.3, -0.25) is 5.41 Å². The summed E-state index contributed by atoms with van der Waals surface area (Å²) < 4.78 is 6.88. The van der Waals surface area contributed by atoms with Gasteiger partial charge in [0.05, 0.1) is 10.9 Å². The highest BCUT2D eigenvalue weighted by Gasteiger charge is 2.39. The minimum absolute atomic E-state index is 0.0280. The Morgan fingerprint density at radius 3 is 2.52 bits per heavy atom. The van der Waals surface area contributed by atoms with E-state index in [0.717, 1.165) is 32.0 Å². The molecule has 4 nitrogen and oxygen atoms in total. The summed E-state index contributed by atoms with van der Waals surface area (Å²) in [5.74, 6) is -0.0142. The number of nitrogens with one attached hydrogen (secondary N) is 1. The molecule has 1 N–H and O–H groups in total. The predicted molar refractivity (Wildman–Crippen MR) is 102 cm³/mol. The van der Waals surface area contributed by atoms with E-state index in [-0.39, 0.29) is 11.8 Å². The second-order valence-corrected chi connectivity index (χ2v) is 7.41. The molecule has 0 fully saturated rings. The van der Waals surface area contributed by atoms with E-state index in [4.69, 9.17) is 10.1 Å². The third-order valence-corrected chi connectivity index (χ3v) is 5.83. The van der Waals surface area contributed by atoms with E-state index < -0.39 is 5.92 Å². The number of thiophene rings is 1. The molecule has 0 radical (unpaired) electrons. The third kappa shape index (κ3) is 2.46. The highest BCUT2D eigenvalue weighted by Crippen LogP contribution is 2.50. The highest BCUT2D eigenvalue weighted by molar-refractivity contribution is 7.19. The van der Waals surface area contributed by atoms with Gasteiger partial charge in [0.1, 0.15) is 5.92 Å². The molecule has 2 heterocycles. The maximum atomic E-state index is 9.66. The fourth-order valence-electron chi connectivity index (χ4n) is 3.28. The molecule has 2 aromatic carbocycles. The molecule has 3 aromatic rings. The summed E-state index contributed by atoms with van der Waals surface area (Å²) in [6.45, 7) is 0. The summed E-state index contributed by atoms with van der Waals surface area (Å²) >= 11 is 1.65. The van der Waals surface area contributed by atoms with Gasteiger partial charge in [0.2, 0.25) is 5.90 Å². The topological polar surface area (TPSA) is 60.1 Å². The first kappa shape index (κ1) is 15.7. The molecule has 0 aliphatic carbocycles. The molecular formula is C20H17N3OS. The zero-order valence-corrected chi connectivity index (χ0v) is 14.8. The van der Waals surface area contributed by atoms with Crippen LogP contribution in [-0.4, -0.2) is 20.0 Å². The number of fused-ring (bicyclic) bond motifs is 3. The molecule has 2 atom stereocenters. The summed E-state index contributed by atoms with van der Waals surface area (Å²) in [7, 11) is 4.00. The van der Waals surface area contributed by atoms with Gasteiger partial charge in [-0.1, -0.05) is 24.3 Å². The van der Waals surface area contributed by atoms with E-state index in [9.17, 15) is 5.26 Å². The van der Waals surface area contributed by atoms with Crippen molar-refractivity contribution < 1.29 is 4.74 Å². The lowest BCUT2D eigenvalue weighted by Gasteiger charge is -2.28. The van der Waals surface area contributed by atoms with Gasteiger partial charge in [-0.05, 0) is 29.8 Å². The van der Waals surface area contributed by atoms with Crippen molar-refractivity contribution in [3.05, 3.63) is 59.0 Å². The van der Waals surface area contributed by atoms with Crippen LogP contribution in [-0.2, 0) is 0 Å². The number of hydrogen-bond acceptors (Lipinski definition) is 5. The van der Waals surface area contributed by atoms with Crippen LogP contribution >= 0.6 is 11.3 Å². The van der Waals surface area contributed by atoms with Gasteiger partial charge in [0.25, 0.3) is 0 Å². The Labute approximate surface area is 150 Å². The molecule has 0 saturated heterocycles. The summed E-state index contributed by atoms with van der Waals surface area (Å²) in [4.78, 5) is 3.07. The molecule has 124 valence electrons. The van der Waals surface area contributed by atoms with Crippen molar-refractivity contribution in [1.29, 1.82) is 10.7 Å². The van der Waals surface area contributed by atoms with Crippen LogP contribution in [0.1, 0.15) is 16.4 Å². The van der Waals surface area contributed by atoms with Crippen molar-refractivity contribution in [3.63, 3.8) is 0 Å². The van der Waals surface area contributed by atoms with Gasteiger partial charge >= 0.3 is 0 Å². The van der Waals surface area contributed by atoms with Gasteiger partial charge in [-0.2, -0.15) is 5.26 Å². The largest absolute Gasteiger partial charge is 0.440 e. The minimum atomic E-state index is -0.606. The normalized spacial score (nSPS) is 19.2. The van der Waals surface area contributed by atoms with E-state index in [0.29, 0.717) is 0 Å². The lowest BCUT2D eigenvalue weighted by molar-refractivity contribution is 0.461. The summed E-state index contributed by atoms with van der Waals surface area (Å²) in [6.07, 6.45) is 0. The first-order valence-electron chi connectivity index (χ1n) is 8.04. The van der Waals surface area contributed by atoms with Crippen LogP contribution in [0.2, 0.25) is 0 Å². The average molecular weight is 347 g/mol. The number of nitrogens with zero attached hydrogens (tertiary/aromatic N) is 2. The van der Waals surface area contributed by atoms with Gasteiger partial charge < -0.3 is 9.64 Å². The molecule has 0 bridgehead atoms. The number of rotatable bonds is 2. The molecule has 0 saturated carbocycles. The second-order valence-electron chi connectivity index (χ2n) is 6.33. The standard InChI is InChI=1S/C20H17N3OS/c1-23(2)13-9-7-12(8-10-13)17-15(11-21)20(22)24-18-14-5-3-4-6-16(14)25-19(17)18/h3-10,15,17,22H,1-2H3. The lowest BCUT2D eigenvalue weighted by atomic mass is 9.83. The van der Waals surface area contributed by atoms with Crippen LogP contribution < -0.4 is 9.64 Å². The lowest BCUT2D eigenvalue weighted by Crippen LogP contribution is -2.30. The van der Waals surface area contributed by atoms with E-state index in [2.05, 4.69) is 36.4 Å². The zero-order chi connectivity index (χ0) is 17.6. The SMILES string of the molecule is CN(C)c1ccc(C2c3sc4ccccc4c3OC(=N)C2C#N)cc1. The quantitative estimate of drug-likeness (QED) is 0.736.